The number of rotatable bonds is 1. The molecule has 2 aliphatic carbocycles. The first kappa shape index (κ1) is 46.6. The van der Waals surface area contributed by atoms with Crippen LogP contribution in [0, 0.1) is 52.8 Å². The van der Waals surface area contributed by atoms with Gasteiger partial charge in [0, 0.05) is 47.3 Å². The molecule has 4 heterocycles. The number of aryl methyl sites for hydroxylation is 1. The molecule has 0 atom stereocenters. The zero-order chi connectivity index (χ0) is 43.9. The van der Waals surface area contributed by atoms with Gasteiger partial charge in [-0.05, 0) is 49.2 Å². The molecule has 0 bridgehead atoms. The van der Waals surface area contributed by atoms with Gasteiger partial charge in [0.05, 0.1) is 42.4 Å². The second-order valence-electron chi connectivity index (χ2n) is 13.0. The Bertz CT molecular complexity index is 2590. The molecule has 4 aromatic carbocycles. The second kappa shape index (κ2) is 19.2. The van der Waals surface area contributed by atoms with Gasteiger partial charge >= 0.3 is 12.6 Å². The molecule has 0 amide bonds. The zero-order valence-corrected chi connectivity index (χ0v) is 34.1. The lowest BCUT2D eigenvalue weighted by atomic mass is 9.97. The molecule has 10 rings (SSSR count). The van der Waals surface area contributed by atoms with E-state index in [4.69, 9.17) is 9.15 Å². The molecular weight excluding hydrogens is 927 g/mol. The monoisotopic (exact) mass is 949 g/mol. The van der Waals surface area contributed by atoms with Crippen molar-refractivity contribution in [3.05, 3.63) is 136 Å². The van der Waals surface area contributed by atoms with Crippen molar-refractivity contribution >= 4 is 64.3 Å². The summed E-state index contributed by atoms with van der Waals surface area (Å²) in [5.41, 5.74) is 1.21. The molecule has 0 unspecified atom stereocenters. The Morgan fingerprint density at radius 2 is 1.03 bits per heavy atom. The summed E-state index contributed by atoms with van der Waals surface area (Å²) in [5.74, 6) is -6.98. The standard InChI is InChI=1S/C20H11F4O2S2.C12H4F4OS2.C8H7O2.BF3.FH/c21-10-5-16-18(7-12(10)23)28(19-8-13(24)11(22)6-17(19)27-16)20-4-9-14(25)2-1-3-15(9)26-20;13-5-1-9-11(3-7(5)15)19(17)12-4-8(16)6(14)2-10(12)18-9;9-7-2-1-3-8-6(7)4-5-10-8;2-1(3)4;/h4-8H,1-3H2;1-4H;4H,1-3H2;;1H/q+1;;+1;;/p-1. The maximum Gasteiger partial charge on any atom is 0.762 e. The third-order valence-corrected chi connectivity index (χ3v) is 15.5. The summed E-state index contributed by atoms with van der Waals surface area (Å²) >= 11 is 1.97. The molecule has 5 aliphatic rings. The first-order chi connectivity index (χ1) is 29.0. The Balaban J connectivity index is 0.000000162. The molecule has 1 aromatic heterocycles. The third kappa shape index (κ3) is 9.68. The quantitative estimate of drug-likeness (QED) is 0.0705. The van der Waals surface area contributed by atoms with Gasteiger partial charge in [-0.1, -0.05) is 23.5 Å². The van der Waals surface area contributed by atoms with Gasteiger partial charge in [-0.15, -0.1) is 0 Å². The van der Waals surface area contributed by atoms with Crippen molar-refractivity contribution in [2.24, 2.45) is 0 Å². The van der Waals surface area contributed by atoms with E-state index in [1.807, 2.05) is 0 Å². The highest BCUT2D eigenvalue weighted by Crippen LogP contribution is 2.50. The number of hydrogen-bond donors (Lipinski definition) is 0. The molecule has 5 nitrogen and oxygen atoms in total. The minimum atomic E-state index is -3.67. The molecule has 0 spiro atoms. The Kier molecular flexibility index (Phi) is 14.5. The van der Waals surface area contributed by atoms with E-state index in [9.17, 15) is 61.9 Å². The largest absolute Gasteiger partial charge is 1.00 e. The number of allylic oxidation sites excluding steroid dienone is 3. The van der Waals surface area contributed by atoms with Gasteiger partial charge in [0.25, 0.3) is 5.76 Å². The third-order valence-electron chi connectivity index (χ3n) is 9.12. The molecular formula is C40H22BF12O5S4+. The van der Waals surface area contributed by atoms with Gasteiger partial charge in [0.2, 0.25) is 17.6 Å². The van der Waals surface area contributed by atoms with Crippen molar-refractivity contribution in [2.45, 2.75) is 82.8 Å². The van der Waals surface area contributed by atoms with E-state index in [0.29, 0.717) is 61.7 Å². The lowest BCUT2D eigenvalue weighted by Gasteiger charge is -2.18. The van der Waals surface area contributed by atoms with E-state index in [-0.39, 0.29) is 35.9 Å². The number of ketones is 2. The number of carbonyl (C=O) groups is 2. The summed E-state index contributed by atoms with van der Waals surface area (Å²) in [5, 5.41) is 0.361. The van der Waals surface area contributed by atoms with Gasteiger partial charge in [-0.3, -0.25) is 27.3 Å². The van der Waals surface area contributed by atoms with E-state index in [1.165, 1.54) is 0 Å². The fraction of sp³-hybridized carbons (Fsp3) is 0.150. The summed E-state index contributed by atoms with van der Waals surface area (Å²) in [6.07, 6.45) is 8.39. The number of fused-ring (bicyclic) bond motifs is 5. The van der Waals surface area contributed by atoms with Crippen LogP contribution in [0.2, 0.25) is 0 Å². The summed E-state index contributed by atoms with van der Waals surface area (Å²) in [4.78, 5) is 25.5. The highest BCUT2D eigenvalue weighted by atomic mass is 32.2. The summed E-state index contributed by atoms with van der Waals surface area (Å²) in [6.45, 7) is 0. The number of benzene rings is 4. The SMILES string of the molecule is FB(F)F.O=C1CCCC2=C1C=[C+]O2.O=C1CCCc2oc([S+]3c4cc(F)c(F)cc4Sc4cc(F)c(F)cc43)cc21.O=S1c2cc(F)c(F)cc2Sc2cc(F)c(F)cc21.[F-]. The number of ether oxygens (including phenoxy) is 1. The minimum Gasteiger partial charge on any atom is -1.00 e. The summed E-state index contributed by atoms with van der Waals surface area (Å²) in [6, 6.07) is 9.26. The van der Waals surface area contributed by atoms with E-state index >= 15 is 0 Å². The molecule has 0 saturated carbocycles. The molecule has 5 aromatic rings. The van der Waals surface area contributed by atoms with Crippen molar-refractivity contribution in [1.82, 2.24) is 0 Å². The Morgan fingerprint density at radius 1 is 0.597 bits per heavy atom. The number of halogens is 12. The molecule has 0 saturated heterocycles. The van der Waals surface area contributed by atoms with Crippen LogP contribution in [0.5, 0.6) is 0 Å². The molecule has 62 heavy (non-hydrogen) atoms. The van der Waals surface area contributed by atoms with Crippen LogP contribution in [0.3, 0.4) is 0 Å². The van der Waals surface area contributed by atoms with Crippen LogP contribution in [0.1, 0.15) is 48.2 Å². The first-order valence-corrected chi connectivity index (χ1v) is 21.6. The number of furan rings is 1. The van der Waals surface area contributed by atoms with Crippen LogP contribution in [0.25, 0.3) is 0 Å². The van der Waals surface area contributed by atoms with Crippen LogP contribution in [-0.4, -0.2) is 23.3 Å². The molecule has 0 N–H and O–H groups in total. The van der Waals surface area contributed by atoms with Crippen molar-refractivity contribution in [1.29, 1.82) is 0 Å². The molecule has 3 aliphatic heterocycles. The van der Waals surface area contributed by atoms with E-state index in [2.05, 4.69) is 6.26 Å². The Morgan fingerprint density at radius 3 is 1.53 bits per heavy atom. The van der Waals surface area contributed by atoms with Gasteiger partial charge in [0.15, 0.2) is 68.2 Å². The lowest BCUT2D eigenvalue weighted by Crippen LogP contribution is -3.00. The van der Waals surface area contributed by atoms with Crippen LogP contribution in [-0.2, 0) is 37.6 Å². The number of carbonyl (C=O) groups excluding carboxylic acids is 2. The first-order valence-electron chi connectivity index (χ1n) is 17.6. The molecule has 0 fully saturated rings. The highest BCUT2D eigenvalue weighted by Gasteiger charge is 2.44. The van der Waals surface area contributed by atoms with Gasteiger partial charge in [-0.2, -0.15) is 0 Å². The Hall–Kier alpha value is -4.89. The number of Topliss-reactive ketones (excluding diaryl/α,β-unsaturated/α-hetero) is 2. The van der Waals surface area contributed by atoms with Crippen molar-refractivity contribution in [3.8, 4) is 0 Å². The fourth-order valence-corrected chi connectivity index (χ4v) is 12.8. The average molecular weight is 950 g/mol. The van der Waals surface area contributed by atoms with Gasteiger partial charge in [0.1, 0.15) is 16.7 Å². The molecule has 0 radical (unpaired) electrons. The smallest absolute Gasteiger partial charge is 0.762 e. The predicted octanol–water partition coefficient (Wildman–Crippen LogP) is 9.01. The zero-order valence-electron chi connectivity index (χ0n) is 30.8. The highest BCUT2D eigenvalue weighted by molar-refractivity contribution is 8.04. The van der Waals surface area contributed by atoms with E-state index in [0.717, 1.165) is 96.2 Å². The normalized spacial score (nSPS) is 15.5. The lowest BCUT2D eigenvalue weighted by molar-refractivity contribution is -0.115. The van der Waals surface area contributed by atoms with E-state index < -0.39 is 75.8 Å². The number of hydrogen-bond acceptors (Lipinski definition) is 7. The van der Waals surface area contributed by atoms with Crippen LogP contribution >= 0.6 is 23.5 Å². The fourth-order valence-electron chi connectivity index (χ4n) is 6.39. The maximum absolute atomic E-state index is 14.0. The maximum atomic E-state index is 14.0. The van der Waals surface area contributed by atoms with Crippen LogP contribution in [0.15, 0.2) is 121 Å². The second-order valence-corrected chi connectivity index (χ2v) is 18.5. The Labute approximate surface area is 357 Å². The van der Waals surface area contributed by atoms with Crippen molar-refractivity contribution in [3.63, 3.8) is 0 Å². The molecule has 22 heteroatoms. The van der Waals surface area contributed by atoms with Crippen LogP contribution < -0.4 is 4.70 Å². The topological polar surface area (TPSA) is 73.6 Å². The average Bonchev–Trinajstić information content (AvgIpc) is 3.87. The van der Waals surface area contributed by atoms with Crippen molar-refractivity contribution < 1.29 is 75.7 Å². The van der Waals surface area contributed by atoms with Gasteiger partial charge in [-0.25, -0.2) is 39.3 Å². The molecule has 322 valence electrons. The van der Waals surface area contributed by atoms with E-state index in [1.54, 1.807) is 12.1 Å². The van der Waals surface area contributed by atoms with Gasteiger partial charge < -0.3 is 9.12 Å². The predicted molar refractivity (Wildman–Crippen MR) is 200 cm³/mol. The van der Waals surface area contributed by atoms with Crippen LogP contribution in [0.4, 0.5) is 48.1 Å². The summed E-state index contributed by atoms with van der Waals surface area (Å²) < 4.78 is 160. The summed E-state index contributed by atoms with van der Waals surface area (Å²) in [7, 11) is -6.66. The van der Waals surface area contributed by atoms with Crippen molar-refractivity contribution in [2.75, 3.05) is 0 Å². The minimum absolute atomic E-state index is 0.